The first-order valence-corrected chi connectivity index (χ1v) is 11.0. The first kappa shape index (κ1) is 25.3. The van der Waals surface area contributed by atoms with Gasteiger partial charge in [0.05, 0.1) is 28.9 Å². The second kappa shape index (κ2) is 12.2. The lowest BCUT2D eigenvalue weighted by molar-refractivity contribution is -0.119. The molecule has 8 nitrogen and oxygen atoms in total. The van der Waals surface area contributed by atoms with Crippen molar-refractivity contribution in [2.24, 2.45) is 0 Å². The lowest BCUT2D eigenvalue weighted by Gasteiger charge is -2.11. The number of methoxy groups -OCH3 is 1. The molecule has 9 heteroatoms. The molecule has 0 radical (unpaired) electrons. The summed E-state index contributed by atoms with van der Waals surface area (Å²) in [7, 11) is 1.59. The number of esters is 1. The molecule has 0 spiro atoms. The van der Waals surface area contributed by atoms with Gasteiger partial charge in [-0.1, -0.05) is 35.9 Å². The van der Waals surface area contributed by atoms with E-state index in [1.807, 2.05) is 30.3 Å². The molecule has 0 bridgehead atoms. The predicted octanol–water partition coefficient (Wildman–Crippen LogP) is 4.59. The van der Waals surface area contributed by atoms with Crippen molar-refractivity contribution in [3.8, 4) is 11.8 Å². The summed E-state index contributed by atoms with van der Waals surface area (Å²) in [6, 6.07) is 20.1. The Bertz CT molecular complexity index is 1270. The average Bonchev–Trinajstić information content (AvgIpc) is 2.87. The molecular weight excluding hydrogens is 470 g/mol. The number of rotatable bonds is 9. The normalized spacial score (nSPS) is 10.1. The summed E-state index contributed by atoms with van der Waals surface area (Å²) in [5.41, 5.74) is 2.03. The minimum Gasteiger partial charge on any atom is -0.497 e. The fraction of sp³-hybridized carbons (Fsp3) is 0.154. The maximum Gasteiger partial charge on any atom is 0.340 e. The molecule has 0 saturated carbocycles. The molecule has 0 fully saturated rings. The molecule has 0 atom stereocenters. The molecule has 3 aromatic carbocycles. The van der Waals surface area contributed by atoms with E-state index >= 15 is 0 Å². The van der Waals surface area contributed by atoms with Crippen LogP contribution in [0.5, 0.6) is 5.75 Å². The van der Waals surface area contributed by atoms with E-state index in [0.717, 1.165) is 11.3 Å². The van der Waals surface area contributed by atoms with E-state index < -0.39 is 18.5 Å². The highest BCUT2D eigenvalue weighted by Crippen LogP contribution is 2.21. The monoisotopic (exact) mass is 491 g/mol. The van der Waals surface area contributed by atoms with Crippen LogP contribution in [0.1, 0.15) is 27.9 Å². The van der Waals surface area contributed by atoms with Crippen molar-refractivity contribution in [2.75, 3.05) is 24.4 Å². The van der Waals surface area contributed by atoms with Crippen molar-refractivity contribution in [3.05, 3.63) is 88.4 Å². The van der Waals surface area contributed by atoms with E-state index in [1.54, 1.807) is 25.3 Å². The van der Waals surface area contributed by atoms with Gasteiger partial charge in [-0.25, -0.2) is 4.79 Å². The minimum atomic E-state index is -0.760. The summed E-state index contributed by atoms with van der Waals surface area (Å²) < 4.78 is 10.2. The Labute approximate surface area is 207 Å². The summed E-state index contributed by atoms with van der Waals surface area (Å²) in [4.78, 5) is 37.2. The second-order valence-corrected chi connectivity index (χ2v) is 7.78. The van der Waals surface area contributed by atoms with E-state index in [9.17, 15) is 14.4 Å². The van der Waals surface area contributed by atoms with Crippen LogP contribution in [0.3, 0.4) is 0 Å². The largest absolute Gasteiger partial charge is 0.497 e. The standard InChI is InChI=1S/C26H22ClN3O5/c1-34-20-11-6-17(7-12-20)8-13-24(31)30-23-5-3-2-4-21(23)26(33)35-16-25(32)29-19-10-9-18(15-28)22(27)14-19/h2-7,9-12,14H,8,13,16H2,1H3,(H,29,32)(H,30,31). The molecule has 0 unspecified atom stereocenters. The fourth-order valence-electron chi connectivity index (χ4n) is 3.12. The minimum absolute atomic E-state index is 0.125. The van der Waals surface area contributed by atoms with Crippen molar-refractivity contribution < 1.29 is 23.9 Å². The number of nitrogens with zero attached hydrogens (tertiary/aromatic N) is 1. The molecule has 3 aromatic rings. The topological polar surface area (TPSA) is 118 Å². The zero-order valence-corrected chi connectivity index (χ0v) is 19.6. The molecule has 3 rings (SSSR count). The lowest BCUT2D eigenvalue weighted by Crippen LogP contribution is -2.22. The Kier molecular flexibility index (Phi) is 8.82. The van der Waals surface area contributed by atoms with Gasteiger partial charge >= 0.3 is 5.97 Å². The van der Waals surface area contributed by atoms with Crippen molar-refractivity contribution in [2.45, 2.75) is 12.8 Å². The SMILES string of the molecule is COc1ccc(CCC(=O)Nc2ccccc2C(=O)OCC(=O)Nc2ccc(C#N)c(Cl)c2)cc1. The third-order valence-corrected chi connectivity index (χ3v) is 5.24. The van der Waals surface area contributed by atoms with Crippen LogP contribution in [0.2, 0.25) is 5.02 Å². The maximum absolute atomic E-state index is 12.6. The number of anilines is 2. The fourth-order valence-corrected chi connectivity index (χ4v) is 3.35. The van der Waals surface area contributed by atoms with Crippen LogP contribution in [-0.2, 0) is 20.7 Å². The first-order chi connectivity index (χ1) is 16.9. The second-order valence-electron chi connectivity index (χ2n) is 7.37. The number of nitrogens with one attached hydrogen (secondary N) is 2. The quantitative estimate of drug-likeness (QED) is 0.423. The van der Waals surface area contributed by atoms with E-state index in [4.69, 9.17) is 26.3 Å². The van der Waals surface area contributed by atoms with Crippen LogP contribution in [0.25, 0.3) is 0 Å². The van der Waals surface area contributed by atoms with Gasteiger partial charge in [0.1, 0.15) is 11.8 Å². The number of nitriles is 1. The number of hydrogen-bond acceptors (Lipinski definition) is 6. The number of para-hydroxylation sites is 1. The van der Waals surface area contributed by atoms with E-state index in [-0.39, 0.29) is 34.2 Å². The third kappa shape index (κ3) is 7.32. The zero-order valence-electron chi connectivity index (χ0n) is 18.8. The van der Waals surface area contributed by atoms with Crippen LogP contribution < -0.4 is 15.4 Å². The summed E-state index contributed by atoms with van der Waals surface area (Å²) in [5.74, 6) is -0.874. The molecule has 178 valence electrons. The number of amides is 2. The number of ether oxygens (including phenoxy) is 2. The van der Waals surface area contributed by atoms with Gasteiger partial charge in [0, 0.05) is 12.1 Å². The van der Waals surface area contributed by atoms with Crippen molar-refractivity contribution in [1.29, 1.82) is 5.26 Å². The predicted molar refractivity (Wildman–Crippen MR) is 131 cm³/mol. The van der Waals surface area contributed by atoms with Gasteiger partial charge in [-0.15, -0.1) is 0 Å². The number of aryl methyl sites for hydroxylation is 1. The van der Waals surface area contributed by atoms with Crippen molar-refractivity contribution in [1.82, 2.24) is 0 Å². The van der Waals surface area contributed by atoms with E-state index in [2.05, 4.69) is 10.6 Å². The molecule has 35 heavy (non-hydrogen) atoms. The van der Waals surface area contributed by atoms with Crippen LogP contribution in [0.15, 0.2) is 66.7 Å². The highest BCUT2D eigenvalue weighted by molar-refractivity contribution is 6.32. The highest BCUT2D eigenvalue weighted by atomic mass is 35.5. The molecule has 0 aliphatic heterocycles. The number of carbonyl (C=O) groups is 3. The van der Waals surface area contributed by atoms with Gasteiger partial charge in [0.15, 0.2) is 6.61 Å². The van der Waals surface area contributed by atoms with Crippen LogP contribution >= 0.6 is 11.6 Å². The average molecular weight is 492 g/mol. The number of hydrogen-bond donors (Lipinski definition) is 2. The number of benzene rings is 3. The van der Waals surface area contributed by atoms with Gasteiger partial charge in [-0.3, -0.25) is 9.59 Å². The summed E-state index contributed by atoms with van der Waals surface area (Å²) in [6.45, 7) is -0.545. The smallest absolute Gasteiger partial charge is 0.340 e. The van der Waals surface area contributed by atoms with Crippen LogP contribution in [0, 0.1) is 11.3 Å². The van der Waals surface area contributed by atoms with E-state index in [1.165, 1.54) is 24.3 Å². The zero-order chi connectivity index (χ0) is 25.2. The van der Waals surface area contributed by atoms with Crippen LogP contribution in [0.4, 0.5) is 11.4 Å². The van der Waals surface area contributed by atoms with Crippen molar-refractivity contribution >= 4 is 40.8 Å². The van der Waals surface area contributed by atoms with Gasteiger partial charge in [0.2, 0.25) is 5.91 Å². The number of halogens is 1. The summed E-state index contributed by atoms with van der Waals surface area (Å²) in [5, 5.41) is 14.4. The Morgan fingerprint density at radius 1 is 0.971 bits per heavy atom. The highest BCUT2D eigenvalue weighted by Gasteiger charge is 2.16. The molecular formula is C26H22ClN3O5. The first-order valence-electron chi connectivity index (χ1n) is 10.6. The van der Waals surface area contributed by atoms with Gasteiger partial charge in [-0.05, 0) is 54.4 Å². The molecule has 0 aliphatic carbocycles. The molecule has 0 heterocycles. The van der Waals surface area contributed by atoms with Crippen molar-refractivity contribution in [3.63, 3.8) is 0 Å². The van der Waals surface area contributed by atoms with E-state index in [0.29, 0.717) is 12.1 Å². The van der Waals surface area contributed by atoms with Gasteiger partial charge < -0.3 is 20.1 Å². The Morgan fingerprint density at radius 3 is 2.40 bits per heavy atom. The third-order valence-electron chi connectivity index (χ3n) is 4.93. The Balaban J connectivity index is 1.53. The lowest BCUT2D eigenvalue weighted by atomic mass is 10.1. The Morgan fingerprint density at radius 2 is 1.71 bits per heavy atom. The molecule has 0 aromatic heterocycles. The Hall–Kier alpha value is -4.35. The number of carbonyl (C=O) groups excluding carboxylic acids is 3. The van der Waals surface area contributed by atoms with Gasteiger partial charge in [-0.2, -0.15) is 5.26 Å². The molecule has 0 aliphatic rings. The molecule has 2 amide bonds. The molecule has 2 N–H and O–H groups in total. The van der Waals surface area contributed by atoms with Crippen LogP contribution in [-0.4, -0.2) is 31.5 Å². The maximum atomic E-state index is 12.6. The molecule has 0 saturated heterocycles. The summed E-state index contributed by atoms with van der Waals surface area (Å²) >= 11 is 5.95. The van der Waals surface area contributed by atoms with Gasteiger partial charge in [0.25, 0.3) is 5.91 Å². The summed E-state index contributed by atoms with van der Waals surface area (Å²) in [6.07, 6.45) is 0.729.